The maximum absolute atomic E-state index is 12.4. The Balaban J connectivity index is 2.08. The number of methoxy groups -OCH3 is 1. The van der Waals surface area contributed by atoms with E-state index in [1.165, 1.54) is 7.11 Å². The molecule has 5 heteroatoms. The van der Waals surface area contributed by atoms with Crippen molar-refractivity contribution in [2.24, 2.45) is 5.92 Å². The van der Waals surface area contributed by atoms with Gasteiger partial charge in [-0.05, 0) is 37.8 Å². The summed E-state index contributed by atoms with van der Waals surface area (Å²) in [4.78, 5) is 12.4. The van der Waals surface area contributed by atoms with Gasteiger partial charge in [0.2, 0.25) is 0 Å². The molecule has 0 aromatic heterocycles. The first-order valence-electron chi connectivity index (χ1n) is 6.94. The van der Waals surface area contributed by atoms with E-state index in [1.54, 1.807) is 18.2 Å². The Hall–Kier alpha value is -1.75. The Morgan fingerprint density at radius 1 is 1.45 bits per heavy atom. The van der Waals surface area contributed by atoms with Gasteiger partial charge in [-0.15, -0.1) is 0 Å². The Kier molecular flexibility index (Phi) is 4.84. The number of nitrogens with one attached hydrogen (secondary N) is 1. The molecule has 0 bridgehead atoms. The zero-order valence-corrected chi connectivity index (χ0v) is 12.0. The first-order valence-corrected chi connectivity index (χ1v) is 6.94. The molecule has 1 aromatic carbocycles. The number of nitrogens with two attached hydrogens (primary N) is 1. The van der Waals surface area contributed by atoms with Gasteiger partial charge in [0.1, 0.15) is 11.3 Å². The lowest BCUT2D eigenvalue weighted by atomic mass is 9.92. The number of hydrogen-bond donors (Lipinski definition) is 2. The van der Waals surface area contributed by atoms with Gasteiger partial charge in [0, 0.05) is 24.9 Å². The molecule has 110 valence electrons. The van der Waals surface area contributed by atoms with Crippen LogP contribution in [0, 0.1) is 5.92 Å². The Morgan fingerprint density at radius 3 is 2.80 bits per heavy atom. The zero-order chi connectivity index (χ0) is 14.5. The molecule has 1 amide bonds. The normalized spacial score (nSPS) is 17.5. The van der Waals surface area contributed by atoms with Crippen molar-refractivity contribution in [1.29, 1.82) is 0 Å². The van der Waals surface area contributed by atoms with Crippen molar-refractivity contribution in [2.45, 2.75) is 25.8 Å². The van der Waals surface area contributed by atoms with Crippen molar-refractivity contribution in [2.75, 3.05) is 26.1 Å². The highest BCUT2D eigenvalue weighted by atomic mass is 16.5. The number of carbonyl (C=O) groups excluding carboxylic acids is 1. The summed E-state index contributed by atoms with van der Waals surface area (Å²) in [7, 11) is 1.54. The highest BCUT2D eigenvalue weighted by molar-refractivity contribution is 6.02. The van der Waals surface area contributed by atoms with Crippen LogP contribution in [0.15, 0.2) is 18.2 Å². The van der Waals surface area contributed by atoms with Crippen LogP contribution >= 0.6 is 0 Å². The van der Waals surface area contributed by atoms with Gasteiger partial charge in [-0.25, -0.2) is 0 Å². The minimum Gasteiger partial charge on any atom is -0.496 e. The van der Waals surface area contributed by atoms with Crippen molar-refractivity contribution < 1.29 is 14.3 Å². The molecular formula is C15H22N2O3. The van der Waals surface area contributed by atoms with E-state index in [0.717, 1.165) is 26.1 Å². The predicted octanol–water partition coefficient (Wildman–Crippen LogP) is 1.82. The molecule has 1 aromatic rings. The molecule has 1 aliphatic rings. The monoisotopic (exact) mass is 278 g/mol. The van der Waals surface area contributed by atoms with E-state index in [1.807, 2.05) is 6.92 Å². The van der Waals surface area contributed by atoms with Crippen LogP contribution in [-0.4, -0.2) is 32.3 Å². The Morgan fingerprint density at radius 2 is 2.15 bits per heavy atom. The quantitative estimate of drug-likeness (QED) is 0.824. The fourth-order valence-corrected chi connectivity index (χ4v) is 2.57. The van der Waals surface area contributed by atoms with E-state index >= 15 is 0 Å². The molecule has 3 N–H and O–H groups in total. The Labute approximate surface area is 119 Å². The van der Waals surface area contributed by atoms with Crippen molar-refractivity contribution >= 4 is 11.6 Å². The average Bonchev–Trinajstić information content (AvgIpc) is 2.47. The number of nitrogen functional groups attached to an aromatic ring is 1. The number of carbonyl (C=O) groups is 1. The minimum atomic E-state index is -0.182. The van der Waals surface area contributed by atoms with Crippen LogP contribution in [0.1, 0.15) is 30.1 Å². The predicted molar refractivity (Wildman–Crippen MR) is 77.9 cm³/mol. The summed E-state index contributed by atoms with van der Waals surface area (Å²) in [5, 5.41) is 3.03. The highest BCUT2D eigenvalue weighted by Gasteiger charge is 2.24. The fraction of sp³-hybridized carbons (Fsp3) is 0.533. The lowest BCUT2D eigenvalue weighted by molar-refractivity contribution is 0.0538. The first-order chi connectivity index (χ1) is 9.63. The molecule has 1 aliphatic heterocycles. The second-order valence-electron chi connectivity index (χ2n) is 5.14. The highest BCUT2D eigenvalue weighted by Crippen LogP contribution is 2.25. The van der Waals surface area contributed by atoms with Crippen LogP contribution < -0.4 is 15.8 Å². The number of amides is 1. The van der Waals surface area contributed by atoms with Crippen LogP contribution in [-0.2, 0) is 4.74 Å². The molecular weight excluding hydrogens is 256 g/mol. The molecule has 1 atom stereocenters. The largest absolute Gasteiger partial charge is 0.496 e. The molecule has 5 nitrogen and oxygen atoms in total. The third-order valence-electron chi connectivity index (χ3n) is 3.84. The van der Waals surface area contributed by atoms with Gasteiger partial charge in [-0.1, -0.05) is 6.07 Å². The van der Waals surface area contributed by atoms with E-state index in [-0.39, 0.29) is 11.9 Å². The van der Waals surface area contributed by atoms with Gasteiger partial charge in [-0.2, -0.15) is 0 Å². The van der Waals surface area contributed by atoms with Gasteiger partial charge >= 0.3 is 0 Å². The topological polar surface area (TPSA) is 73.6 Å². The number of benzene rings is 1. The SMILES string of the molecule is COc1cccc(N)c1C(=O)NC(C)C1CCOCC1. The molecule has 1 saturated heterocycles. The van der Waals surface area contributed by atoms with Crippen LogP contribution in [0.3, 0.4) is 0 Å². The molecule has 0 radical (unpaired) electrons. The van der Waals surface area contributed by atoms with Crippen molar-refractivity contribution in [1.82, 2.24) is 5.32 Å². The zero-order valence-electron chi connectivity index (χ0n) is 12.0. The molecule has 0 spiro atoms. The number of ether oxygens (including phenoxy) is 2. The fourth-order valence-electron chi connectivity index (χ4n) is 2.57. The van der Waals surface area contributed by atoms with E-state index in [4.69, 9.17) is 15.2 Å². The maximum Gasteiger partial charge on any atom is 0.257 e. The van der Waals surface area contributed by atoms with Crippen LogP contribution in [0.5, 0.6) is 5.75 Å². The van der Waals surface area contributed by atoms with Gasteiger partial charge in [0.15, 0.2) is 0 Å². The van der Waals surface area contributed by atoms with Crippen LogP contribution in [0.25, 0.3) is 0 Å². The van der Waals surface area contributed by atoms with Gasteiger partial charge in [0.05, 0.1) is 7.11 Å². The summed E-state index contributed by atoms with van der Waals surface area (Å²) in [5.41, 5.74) is 6.73. The van der Waals surface area contributed by atoms with E-state index in [2.05, 4.69) is 5.32 Å². The first kappa shape index (κ1) is 14.7. The summed E-state index contributed by atoms with van der Waals surface area (Å²) in [6.45, 7) is 3.56. The van der Waals surface area contributed by atoms with Crippen molar-refractivity contribution in [3.63, 3.8) is 0 Å². The van der Waals surface area contributed by atoms with Gasteiger partial charge in [0.25, 0.3) is 5.91 Å². The van der Waals surface area contributed by atoms with E-state index < -0.39 is 0 Å². The van der Waals surface area contributed by atoms with Gasteiger partial charge in [-0.3, -0.25) is 4.79 Å². The lowest BCUT2D eigenvalue weighted by Crippen LogP contribution is -2.40. The summed E-state index contributed by atoms with van der Waals surface area (Å²) in [5.74, 6) is 0.768. The summed E-state index contributed by atoms with van der Waals surface area (Å²) in [6, 6.07) is 5.31. The third-order valence-corrected chi connectivity index (χ3v) is 3.84. The van der Waals surface area contributed by atoms with Crippen LogP contribution in [0.4, 0.5) is 5.69 Å². The lowest BCUT2D eigenvalue weighted by Gasteiger charge is -2.28. The molecule has 1 heterocycles. The molecule has 1 unspecified atom stereocenters. The standard InChI is InChI=1S/C15H22N2O3/c1-10(11-6-8-20-9-7-11)17-15(18)14-12(16)4-3-5-13(14)19-2/h3-5,10-11H,6-9,16H2,1-2H3,(H,17,18). The smallest absolute Gasteiger partial charge is 0.257 e. The number of hydrogen-bond acceptors (Lipinski definition) is 4. The Bertz CT molecular complexity index is 470. The van der Waals surface area contributed by atoms with E-state index in [0.29, 0.717) is 22.9 Å². The second-order valence-corrected chi connectivity index (χ2v) is 5.14. The molecule has 0 saturated carbocycles. The van der Waals surface area contributed by atoms with E-state index in [9.17, 15) is 4.79 Å². The number of anilines is 1. The minimum absolute atomic E-state index is 0.0933. The van der Waals surface area contributed by atoms with Gasteiger partial charge < -0.3 is 20.5 Å². The summed E-state index contributed by atoms with van der Waals surface area (Å²) < 4.78 is 10.6. The summed E-state index contributed by atoms with van der Waals surface area (Å²) in [6.07, 6.45) is 1.95. The molecule has 1 fully saturated rings. The third kappa shape index (κ3) is 3.22. The maximum atomic E-state index is 12.4. The van der Waals surface area contributed by atoms with Crippen molar-refractivity contribution in [3.05, 3.63) is 23.8 Å². The van der Waals surface area contributed by atoms with Crippen molar-refractivity contribution in [3.8, 4) is 5.75 Å². The number of rotatable bonds is 4. The molecule has 20 heavy (non-hydrogen) atoms. The summed E-state index contributed by atoms with van der Waals surface area (Å²) >= 11 is 0. The second kappa shape index (κ2) is 6.61. The molecule has 0 aliphatic carbocycles. The average molecular weight is 278 g/mol. The molecule has 2 rings (SSSR count). The van der Waals surface area contributed by atoms with Crippen LogP contribution in [0.2, 0.25) is 0 Å².